The Labute approximate surface area is 82.4 Å². The van der Waals surface area contributed by atoms with Gasteiger partial charge < -0.3 is 11.5 Å². The summed E-state index contributed by atoms with van der Waals surface area (Å²) in [6, 6.07) is 2.04. The minimum atomic E-state index is -4.70. The Morgan fingerprint density at radius 1 is 1.20 bits per heavy atom. The first-order valence-electron chi connectivity index (χ1n) is 3.77. The van der Waals surface area contributed by atoms with E-state index >= 15 is 0 Å². The van der Waals surface area contributed by atoms with E-state index in [0.717, 1.165) is 12.1 Å². The summed E-state index contributed by atoms with van der Waals surface area (Å²) in [5.74, 6) is -1.52. The number of hydrogen-bond donors (Lipinski definition) is 2. The quantitative estimate of drug-likeness (QED) is 0.431. The number of aliphatic imine (C=N–C) groups is 1. The van der Waals surface area contributed by atoms with Gasteiger partial charge in [0, 0.05) is 0 Å². The average Bonchev–Trinajstić information content (AvgIpc) is 2.05. The van der Waals surface area contributed by atoms with E-state index in [0.29, 0.717) is 6.07 Å². The molecule has 0 heterocycles. The predicted octanol–water partition coefficient (Wildman–Crippen LogP) is 1.75. The molecule has 0 spiro atoms. The molecule has 0 aromatic heterocycles. The second kappa shape index (κ2) is 3.76. The first kappa shape index (κ1) is 11.3. The molecular formula is C8H7F4N3. The monoisotopic (exact) mass is 221 g/mol. The van der Waals surface area contributed by atoms with Gasteiger partial charge in [0.25, 0.3) is 0 Å². The van der Waals surface area contributed by atoms with Gasteiger partial charge in [-0.25, -0.2) is 9.38 Å². The summed E-state index contributed by atoms with van der Waals surface area (Å²) in [4.78, 5) is 3.25. The normalized spacial score (nSPS) is 11.2. The van der Waals surface area contributed by atoms with Gasteiger partial charge in [-0.05, 0) is 18.2 Å². The zero-order chi connectivity index (χ0) is 11.6. The Bertz CT molecular complexity index is 393. The van der Waals surface area contributed by atoms with Crippen molar-refractivity contribution < 1.29 is 17.6 Å². The third-order valence-electron chi connectivity index (χ3n) is 1.51. The molecule has 0 saturated heterocycles. The number of alkyl halides is 3. The summed E-state index contributed by atoms with van der Waals surface area (Å²) in [5.41, 5.74) is 8.16. The lowest BCUT2D eigenvalue weighted by Gasteiger charge is -2.09. The van der Waals surface area contributed by atoms with Gasteiger partial charge in [-0.2, -0.15) is 13.2 Å². The molecule has 3 nitrogen and oxygen atoms in total. The Balaban J connectivity index is 3.34. The maximum Gasteiger partial charge on any atom is 0.418 e. The molecule has 0 radical (unpaired) electrons. The molecule has 0 aliphatic rings. The molecule has 0 unspecified atom stereocenters. The van der Waals surface area contributed by atoms with Crippen molar-refractivity contribution in [3.05, 3.63) is 29.6 Å². The fraction of sp³-hybridized carbons (Fsp3) is 0.125. The lowest BCUT2D eigenvalue weighted by molar-refractivity contribution is -0.137. The third-order valence-corrected chi connectivity index (χ3v) is 1.51. The highest BCUT2D eigenvalue weighted by atomic mass is 19.4. The number of benzene rings is 1. The lowest BCUT2D eigenvalue weighted by Crippen LogP contribution is -2.22. The van der Waals surface area contributed by atoms with E-state index in [4.69, 9.17) is 11.5 Å². The van der Waals surface area contributed by atoms with Crippen LogP contribution in [-0.2, 0) is 6.18 Å². The predicted molar refractivity (Wildman–Crippen MR) is 46.9 cm³/mol. The molecule has 0 amide bonds. The maximum atomic E-state index is 12.6. The largest absolute Gasteiger partial charge is 0.418 e. The second-order valence-electron chi connectivity index (χ2n) is 2.70. The Kier molecular flexibility index (Phi) is 2.83. The first-order chi connectivity index (χ1) is 6.80. The van der Waals surface area contributed by atoms with Crippen LogP contribution in [0, 0.1) is 5.82 Å². The van der Waals surface area contributed by atoms with Crippen molar-refractivity contribution in [1.29, 1.82) is 0 Å². The van der Waals surface area contributed by atoms with E-state index in [9.17, 15) is 17.6 Å². The molecule has 82 valence electrons. The molecule has 1 aromatic rings. The van der Waals surface area contributed by atoms with E-state index in [1.807, 2.05) is 0 Å². The van der Waals surface area contributed by atoms with Crippen LogP contribution in [-0.4, -0.2) is 5.96 Å². The topological polar surface area (TPSA) is 64.4 Å². The molecule has 0 atom stereocenters. The molecular weight excluding hydrogens is 214 g/mol. The summed E-state index contributed by atoms with van der Waals surface area (Å²) in [7, 11) is 0. The lowest BCUT2D eigenvalue weighted by atomic mass is 10.1. The Hall–Kier alpha value is -1.79. The second-order valence-corrected chi connectivity index (χ2v) is 2.70. The smallest absolute Gasteiger partial charge is 0.370 e. The molecule has 0 bridgehead atoms. The van der Waals surface area contributed by atoms with Gasteiger partial charge in [-0.1, -0.05) is 0 Å². The minimum absolute atomic E-state index is 0.335. The summed E-state index contributed by atoms with van der Waals surface area (Å²) in [5, 5.41) is 0. The van der Waals surface area contributed by atoms with Crippen molar-refractivity contribution in [3.63, 3.8) is 0 Å². The zero-order valence-electron chi connectivity index (χ0n) is 7.35. The highest BCUT2D eigenvalue weighted by molar-refractivity contribution is 5.79. The van der Waals surface area contributed by atoms with E-state index in [2.05, 4.69) is 4.99 Å². The first-order valence-corrected chi connectivity index (χ1v) is 3.77. The molecule has 7 heteroatoms. The van der Waals surface area contributed by atoms with Crippen LogP contribution in [0.3, 0.4) is 0 Å². The van der Waals surface area contributed by atoms with Crippen LogP contribution in [0.1, 0.15) is 5.56 Å². The summed E-state index contributed by atoms with van der Waals surface area (Å²) < 4.78 is 49.7. The molecule has 0 saturated carbocycles. The van der Waals surface area contributed by atoms with Crippen LogP contribution >= 0.6 is 0 Å². The van der Waals surface area contributed by atoms with Gasteiger partial charge in [0.05, 0.1) is 11.3 Å². The summed E-state index contributed by atoms with van der Waals surface area (Å²) in [6.07, 6.45) is -4.70. The highest BCUT2D eigenvalue weighted by Crippen LogP contribution is 2.36. The van der Waals surface area contributed by atoms with Crippen molar-refractivity contribution in [3.8, 4) is 0 Å². The van der Waals surface area contributed by atoms with Crippen LogP contribution < -0.4 is 11.5 Å². The van der Waals surface area contributed by atoms with Gasteiger partial charge in [0.2, 0.25) is 0 Å². The van der Waals surface area contributed by atoms with E-state index < -0.39 is 29.2 Å². The van der Waals surface area contributed by atoms with Crippen LogP contribution in [0.25, 0.3) is 0 Å². The molecule has 0 fully saturated rings. The zero-order valence-corrected chi connectivity index (χ0v) is 7.35. The minimum Gasteiger partial charge on any atom is -0.370 e. The van der Waals surface area contributed by atoms with E-state index in [1.165, 1.54) is 0 Å². The Morgan fingerprint density at radius 2 is 1.80 bits per heavy atom. The van der Waals surface area contributed by atoms with Crippen molar-refractivity contribution in [2.24, 2.45) is 16.5 Å². The van der Waals surface area contributed by atoms with Crippen molar-refractivity contribution in [1.82, 2.24) is 0 Å². The van der Waals surface area contributed by atoms with Crippen LogP contribution in [0.4, 0.5) is 23.2 Å². The van der Waals surface area contributed by atoms with E-state index in [-0.39, 0.29) is 0 Å². The van der Waals surface area contributed by atoms with Crippen LogP contribution in [0.2, 0.25) is 0 Å². The Morgan fingerprint density at radius 3 is 2.27 bits per heavy atom. The van der Waals surface area contributed by atoms with Gasteiger partial charge in [-0.3, -0.25) is 0 Å². The summed E-state index contributed by atoms with van der Waals surface area (Å²) >= 11 is 0. The van der Waals surface area contributed by atoms with Gasteiger partial charge in [0.15, 0.2) is 5.96 Å². The fourth-order valence-corrected chi connectivity index (χ4v) is 0.972. The molecule has 0 aliphatic carbocycles. The van der Waals surface area contributed by atoms with Crippen LogP contribution in [0.5, 0.6) is 0 Å². The number of nitrogens with two attached hydrogens (primary N) is 2. The van der Waals surface area contributed by atoms with Crippen LogP contribution in [0.15, 0.2) is 23.2 Å². The average molecular weight is 221 g/mol. The SMILES string of the molecule is NC(N)=Nc1ccc(F)cc1C(F)(F)F. The number of halogens is 4. The summed E-state index contributed by atoms with van der Waals surface area (Å²) in [6.45, 7) is 0. The number of rotatable bonds is 1. The molecule has 4 N–H and O–H groups in total. The van der Waals surface area contributed by atoms with Gasteiger partial charge in [0.1, 0.15) is 5.82 Å². The number of hydrogen-bond acceptors (Lipinski definition) is 1. The van der Waals surface area contributed by atoms with Crippen molar-refractivity contribution >= 4 is 11.6 Å². The highest BCUT2D eigenvalue weighted by Gasteiger charge is 2.34. The van der Waals surface area contributed by atoms with Gasteiger partial charge in [-0.15, -0.1) is 0 Å². The maximum absolute atomic E-state index is 12.6. The molecule has 1 rings (SSSR count). The number of guanidine groups is 1. The van der Waals surface area contributed by atoms with Crippen molar-refractivity contribution in [2.75, 3.05) is 0 Å². The number of nitrogens with zero attached hydrogens (tertiary/aromatic N) is 1. The molecule has 0 aliphatic heterocycles. The fourth-order valence-electron chi connectivity index (χ4n) is 0.972. The molecule has 15 heavy (non-hydrogen) atoms. The van der Waals surface area contributed by atoms with E-state index in [1.54, 1.807) is 0 Å². The molecule has 1 aromatic carbocycles. The van der Waals surface area contributed by atoms with Gasteiger partial charge >= 0.3 is 6.18 Å². The third kappa shape index (κ3) is 2.83. The van der Waals surface area contributed by atoms with Crippen molar-refractivity contribution in [2.45, 2.75) is 6.18 Å². The standard InChI is InChI=1S/C8H7F4N3/c9-4-1-2-6(15-7(13)14)5(3-4)8(10,11)12/h1-3H,(H4,13,14,15).